The van der Waals surface area contributed by atoms with E-state index in [1.54, 1.807) is 12.1 Å². The summed E-state index contributed by atoms with van der Waals surface area (Å²) in [6.45, 7) is 1.16. The maximum absolute atomic E-state index is 11.6. The summed E-state index contributed by atoms with van der Waals surface area (Å²) in [5.41, 5.74) is 6.05. The van der Waals surface area contributed by atoms with Crippen LogP contribution in [0.2, 0.25) is 0 Å². The molecule has 0 atom stereocenters. The standard InChI is InChI=1S/C13H16BrNO2/c14-11-7-10(12(16)5-6-15)3-4-13(11)17-8-9-1-2-9/h3-4,7,9H,1-2,5-6,8,15H2. The molecule has 2 N–H and O–H groups in total. The Labute approximate surface area is 109 Å². The number of ketones is 1. The zero-order chi connectivity index (χ0) is 12.3. The summed E-state index contributed by atoms with van der Waals surface area (Å²) < 4.78 is 6.51. The molecule has 0 aliphatic heterocycles. The van der Waals surface area contributed by atoms with Crippen LogP contribution < -0.4 is 10.5 Å². The highest BCUT2D eigenvalue weighted by atomic mass is 79.9. The van der Waals surface area contributed by atoms with Crippen molar-refractivity contribution >= 4 is 21.7 Å². The first-order valence-corrected chi connectivity index (χ1v) is 6.65. The van der Waals surface area contributed by atoms with Gasteiger partial charge >= 0.3 is 0 Å². The number of nitrogens with two attached hydrogens (primary N) is 1. The van der Waals surface area contributed by atoms with Crippen molar-refractivity contribution in [3.05, 3.63) is 28.2 Å². The molecule has 1 saturated carbocycles. The molecule has 0 radical (unpaired) electrons. The maximum atomic E-state index is 11.6. The molecule has 0 saturated heterocycles. The van der Waals surface area contributed by atoms with Crippen LogP contribution in [0.25, 0.3) is 0 Å². The SMILES string of the molecule is NCCC(=O)c1ccc(OCC2CC2)c(Br)c1. The van der Waals surface area contributed by atoms with Crippen LogP contribution in [0.15, 0.2) is 22.7 Å². The van der Waals surface area contributed by atoms with Crippen LogP contribution in [0, 0.1) is 5.92 Å². The molecule has 1 aliphatic carbocycles. The first-order chi connectivity index (χ1) is 8.20. The quantitative estimate of drug-likeness (QED) is 0.822. The third-order valence-electron chi connectivity index (χ3n) is 2.80. The summed E-state index contributed by atoms with van der Waals surface area (Å²) in [4.78, 5) is 11.6. The molecule has 0 heterocycles. The van der Waals surface area contributed by atoms with E-state index in [2.05, 4.69) is 15.9 Å². The maximum Gasteiger partial charge on any atom is 0.164 e. The molecule has 1 fully saturated rings. The van der Waals surface area contributed by atoms with Crippen molar-refractivity contribution in [1.82, 2.24) is 0 Å². The van der Waals surface area contributed by atoms with Gasteiger partial charge in [0.05, 0.1) is 11.1 Å². The molecular formula is C13H16BrNO2. The fourth-order valence-electron chi connectivity index (χ4n) is 1.56. The van der Waals surface area contributed by atoms with Crippen LogP contribution in [0.3, 0.4) is 0 Å². The topological polar surface area (TPSA) is 52.3 Å². The van der Waals surface area contributed by atoms with Crippen LogP contribution in [0.4, 0.5) is 0 Å². The molecule has 0 spiro atoms. The Morgan fingerprint density at radius 2 is 2.24 bits per heavy atom. The van der Waals surface area contributed by atoms with E-state index in [0.717, 1.165) is 22.7 Å². The van der Waals surface area contributed by atoms with Gasteiger partial charge in [0, 0.05) is 12.0 Å². The van der Waals surface area contributed by atoms with E-state index in [1.165, 1.54) is 12.8 Å². The summed E-state index contributed by atoms with van der Waals surface area (Å²) in [5, 5.41) is 0. The number of ether oxygens (including phenoxy) is 1. The van der Waals surface area contributed by atoms with Crippen molar-refractivity contribution in [3.63, 3.8) is 0 Å². The summed E-state index contributed by atoms with van der Waals surface area (Å²) in [6, 6.07) is 5.45. The van der Waals surface area contributed by atoms with E-state index < -0.39 is 0 Å². The second kappa shape index (κ2) is 5.65. The predicted octanol–water partition coefficient (Wildman–Crippen LogP) is 2.77. The van der Waals surface area contributed by atoms with Gasteiger partial charge in [-0.25, -0.2) is 0 Å². The van der Waals surface area contributed by atoms with Crippen LogP contribution in [-0.2, 0) is 0 Å². The Morgan fingerprint density at radius 1 is 1.47 bits per heavy atom. The Bertz CT molecular complexity index is 416. The Hall–Kier alpha value is -0.870. The summed E-state index contributed by atoms with van der Waals surface area (Å²) in [5.74, 6) is 1.60. The lowest BCUT2D eigenvalue weighted by molar-refractivity contribution is 0.0985. The first-order valence-electron chi connectivity index (χ1n) is 5.86. The molecule has 1 aromatic rings. The lowest BCUT2D eigenvalue weighted by Crippen LogP contribution is -2.08. The smallest absolute Gasteiger partial charge is 0.164 e. The minimum Gasteiger partial charge on any atom is -0.492 e. The average Bonchev–Trinajstić information content (AvgIpc) is 3.11. The number of Topliss-reactive ketones (excluding diaryl/α,β-unsaturated/α-hetero) is 1. The number of hydrogen-bond donors (Lipinski definition) is 1. The van der Waals surface area contributed by atoms with Crippen molar-refractivity contribution in [2.45, 2.75) is 19.3 Å². The van der Waals surface area contributed by atoms with Crippen molar-refractivity contribution in [2.24, 2.45) is 11.7 Å². The molecule has 0 bridgehead atoms. The lowest BCUT2D eigenvalue weighted by Gasteiger charge is -2.08. The molecule has 0 amide bonds. The van der Waals surface area contributed by atoms with Gasteiger partial charge < -0.3 is 10.5 Å². The fraction of sp³-hybridized carbons (Fsp3) is 0.462. The molecule has 17 heavy (non-hydrogen) atoms. The number of carbonyl (C=O) groups excluding carboxylic acids is 1. The van der Waals surface area contributed by atoms with Gasteiger partial charge in [0.2, 0.25) is 0 Å². The van der Waals surface area contributed by atoms with Crippen molar-refractivity contribution < 1.29 is 9.53 Å². The molecule has 1 aromatic carbocycles. The second-order valence-corrected chi connectivity index (χ2v) is 5.22. The second-order valence-electron chi connectivity index (χ2n) is 4.36. The van der Waals surface area contributed by atoms with Crippen molar-refractivity contribution in [3.8, 4) is 5.75 Å². The fourth-order valence-corrected chi connectivity index (χ4v) is 2.05. The van der Waals surface area contributed by atoms with Crippen LogP contribution in [0.5, 0.6) is 5.75 Å². The van der Waals surface area contributed by atoms with Gasteiger partial charge in [0.25, 0.3) is 0 Å². The minimum absolute atomic E-state index is 0.0712. The summed E-state index contributed by atoms with van der Waals surface area (Å²) >= 11 is 3.43. The molecule has 2 rings (SSSR count). The van der Waals surface area contributed by atoms with Gasteiger partial charge in [0.1, 0.15) is 5.75 Å². The van der Waals surface area contributed by atoms with E-state index in [-0.39, 0.29) is 5.78 Å². The van der Waals surface area contributed by atoms with Gasteiger partial charge in [-0.3, -0.25) is 4.79 Å². The van der Waals surface area contributed by atoms with Crippen LogP contribution >= 0.6 is 15.9 Å². The predicted molar refractivity (Wildman–Crippen MR) is 70.4 cm³/mol. The minimum atomic E-state index is 0.0712. The molecule has 3 nitrogen and oxygen atoms in total. The third-order valence-corrected chi connectivity index (χ3v) is 3.42. The average molecular weight is 298 g/mol. The Morgan fingerprint density at radius 3 is 2.82 bits per heavy atom. The number of benzene rings is 1. The van der Waals surface area contributed by atoms with E-state index in [0.29, 0.717) is 18.5 Å². The molecule has 0 aromatic heterocycles. The Balaban J connectivity index is 2.01. The van der Waals surface area contributed by atoms with E-state index in [9.17, 15) is 4.79 Å². The highest BCUT2D eigenvalue weighted by Gasteiger charge is 2.22. The molecular weight excluding hydrogens is 282 g/mol. The molecule has 1 aliphatic rings. The third kappa shape index (κ3) is 3.54. The summed E-state index contributed by atoms with van der Waals surface area (Å²) in [6.07, 6.45) is 2.92. The van der Waals surface area contributed by atoms with Gasteiger partial charge in [-0.1, -0.05) is 0 Å². The van der Waals surface area contributed by atoms with Gasteiger partial charge in [-0.2, -0.15) is 0 Å². The lowest BCUT2D eigenvalue weighted by atomic mass is 10.1. The molecule has 0 unspecified atom stereocenters. The van der Waals surface area contributed by atoms with Crippen molar-refractivity contribution in [2.75, 3.05) is 13.2 Å². The Kier molecular flexibility index (Phi) is 4.18. The van der Waals surface area contributed by atoms with Crippen LogP contribution in [0.1, 0.15) is 29.6 Å². The number of hydrogen-bond acceptors (Lipinski definition) is 3. The number of halogens is 1. The monoisotopic (exact) mass is 297 g/mol. The zero-order valence-electron chi connectivity index (χ0n) is 9.62. The van der Waals surface area contributed by atoms with Gasteiger partial charge in [-0.15, -0.1) is 0 Å². The van der Waals surface area contributed by atoms with E-state index in [1.807, 2.05) is 6.07 Å². The zero-order valence-corrected chi connectivity index (χ0v) is 11.2. The number of rotatable bonds is 6. The number of carbonyl (C=O) groups is 1. The van der Waals surface area contributed by atoms with E-state index in [4.69, 9.17) is 10.5 Å². The normalized spacial score (nSPS) is 14.7. The van der Waals surface area contributed by atoms with Gasteiger partial charge in [0.15, 0.2) is 5.78 Å². The molecule has 92 valence electrons. The van der Waals surface area contributed by atoms with Crippen molar-refractivity contribution in [1.29, 1.82) is 0 Å². The van der Waals surface area contributed by atoms with E-state index >= 15 is 0 Å². The first kappa shape index (κ1) is 12.6. The van der Waals surface area contributed by atoms with Gasteiger partial charge in [-0.05, 0) is 59.4 Å². The highest BCUT2D eigenvalue weighted by molar-refractivity contribution is 9.10. The highest BCUT2D eigenvalue weighted by Crippen LogP contribution is 2.32. The molecule has 4 heteroatoms. The largest absolute Gasteiger partial charge is 0.492 e. The summed E-state index contributed by atoms with van der Waals surface area (Å²) in [7, 11) is 0. The van der Waals surface area contributed by atoms with Crippen LogP contribution in [-0.4, -0.2) is 18.9 Å².